The molecule has 6 nitrogen and oxygen atoms in total. The highest BCUT2D eigenvalue weighted by atomic mass is 16.2. The molecule has 0 bridgehead atoms. The molecule has 1 fully saturated rings. The quantitative estimate of drug-likeness (QED) is 0.691. The number of aromatic nitrogens is 1. The fraction of sp³-hybridized carbons (Fsp3) is 0.211. The molecule has 0 spiro atoms. The van der Waals surface area contributed by atoms with Gasteiger partial charge in [-0.3, -0.25) is 19.8 Å². The topological polar surface area (TPSA) is 71.4 Å². The van der Waals surface area contributed by atoms with E-state index < -0.39 is 17.8 Å². The summed E-state index contributed by atoms with van der Waals surface area (Å²) in [6.45, 7) is 5.79. The lowest BCUT2D eigenvalue weighted by Gasteiger charge is -2.24. The lowest BCUT2D eigenvalue weighted by molar-refractivity contribution is -0.129. The van der Waals surface area contributed by atoms with Crippen molar-refractivity contribution in [3.8, 4) is 5.69 Å². The number of rotatable bonds is 3. The SMILES string of the molecule is CCN1C(=O)NC(=O)/C(=C/c2cc(C)n(-c3ccccc3)c2C)C1=O. The molecule has 128 valence electrons. The maximum atomic E-state index is 12.4. The van der Waals surface area contributed by atoms with E-state index in [-0.39, 0.29) is 12.1 Å². The summed E-state index contributed by atoms with van der Waals surface area (Å²) >= 11 is 0. The van der Waals surface area contributed by atoms with Crippen molar-refractivity contribution in [3.63, 3.8) is 0 Å². The second-order valence-corrected chi connectivity index (χ2v) is 5.86. The molecule has 1 saturated heterocycles. The van der Waals surface area contributed by atoms with E-state index in [4.69, 9.17) is 0 Å². The Morgan fingerprint density at radius 2 is 1.76 bits per heavy atom. The smallest absolute Gasteiger partial charge is 0.318 e. The molecule has 1 aliphatic heterocycles. The first kappa shape index (κ1) is 16.7. The predicted octanol–water partition coefficient (Wildman–Crippen LogP) is 2.58. The highest BCUT2D eigenvalue weighted by Crippen LogP contribution is 2.24. The van der Waals surface area contributed by atoms with Crippen LogP contribution >= 0.6 is 0 Å². The summed E-state index contributed by atoms with van der Waals surface area (Å²) in [5, 5.41) is 2.21. The van der Waals surface area contributed by atoms with Gasteiger partial charge in [-0.15, -0.1) is 0 Å². The monoisotopic (exact) mass is 337 g/mol. The van der Waals surface area contributed by atoms with Crippen molar-refractivity contribution in [1.82, 2.24) is 14.8 Å². The molecule has 2 heterocycles. The van der Waals surface area contributed by atoms with Gasteiger partial charge < -0.3 is 4.57 Å². The van der Waals surface area contributed by atoms with E-state index in [1.165, 1.54) is 0 Å². The average molecular weight is 337 g/mol. The van der Waals surface area contributed by atoms with E-state index in [0.717, 1.165) is 27.5 Å². The molecule has 4 amide bonds. The van der Waals surface area contributed by atoms with Crippen LogP contribution in [0.25, 0.3) is 11.8 Å². The minimum absolute atomic E-state index is 0.0326. The summed E-state index contributed by atoms with van der Waals surface area (Å²) in [5.74, 6) is -1.23. The molecule has 1 aromatic heterocycles. The maximum absolute atomic E-state index is 12.4. The second kappa shape index (κ2) is 6.39. The average Bonchev–Trinajstić information content (AvgIpc) is 2.86. The van der Waals surface area contributed by atoms with Crippen LogP contribution in [0.2, 0.25) is 0 Å². The zero-order valence-corrected chi connectivity index (χ0v) is 14.4. The molecule has 1 aromatic carbocycles. The minimum atomic E-state index is -0.676. The first-order valence-corrected chi connectivity index (χ1v) is 8.07. The van der Waals surface area contributed by atoms with Crippen molar-refractivity contribution >= 4 is 23.9 Å². The fourth-order valence-corrected chi connectivity index (χ4v) is 3.04. The number of amides is 4. The Labute approximate surface area is 145 Å². The Hall–Kier alpha value is -3.15. The molecule has 2 aromatic rings. The van der Waals surface area contributed by atoms with Gasteiger partial charge >= 0.3 is 6.03 Å². The number of hydrogen-bond donors (Lipinski definition) is 1. The third kappa shape index (κ3) is 2.87. The molecule has 0 atom stereocenters. The van der Waals surface area contributed by atoms with Gasteiger partial charge in [-0.05, 0) is 50.6 Å². The normalized spacial score (nSPS) is 16.5. The number of imide groups is 2. The highest BCUT2D eigenvalue weighted by Gasteiger charge is 2.34. The van der Waals surface area contributed by atoms with Gasteiger partial charge in [0.15, 0.2) is 0 Å². The fourth-order valence-electron chi connectivity index (χ4n) is 3.04. The Balaban J connectivity index is 2.06. The Kier molecular flexibility index (Phi) is 4.27. The minimum Gasteiger partial charge on any atom is -0.318 e. The molecular formula is C19H19N3O3. The number of likely N-dealkylation sites (N-methyl/N-ethyl adjacent to an activating group) is 1. The summed E-state index contributed by atoms with van der Waals surface area (Å²) in [6.07, 6.45) is 1.55. The summed E-state index contributed by atoms with van der Waals surface area (Å²) in [5.41, 5.74) is 3.64. The number of carbonyl (C=O) groups excluding carboxylic acids is 3. The standard InChI is InChI=1S/C19H19N3O3/c1-4-21-18(24)16(17(23)20-19(21)25)11-14-10-12(2)22(13(14)3)15-8-6-5-7-9-15/h5-11H,4H2,1-3H3,(H,20,23,25)/b16-11-. The van der Waals surface area contributed by atoms with Crippen molar-refractivity contribution in [3.05, 3.63) is 58.9 Å². The van der Waals surface area contributed by atoms with Gasteiger partial charge in [0.1, 0.15) is 5.57 Å². The van der Waals surface area contributed by atoms with Gasteiger partial charge in [0.05, 0.1) is 0 Å². The van der Waals surface area contributed by atoms with Crippen LogP contribution in [0.3, 0.4) is 0 Å². The zero-order valence-electron chi connectivity index (χ0n) is 14.4. The van der Waals surface area contributed by atoms with Gasteiger partial charge in [0.2, 0.25) is 0 Å². The van der Waals surface area contributed by atoms with E-state index in [1.807, 2.05) is 50.2 Å². The van der Waals surface area contributed by atoms with Crippen molar-refractivity contribution in [2.75, 3.05) is 6.54 Å². The molecule has 1 N–H and O–H groups in total. The number of urea groups is 1. The second-order valence-electron chi connectivity index (χ2n) is 5.86. The number of carbonyl (C=O) groups is 3. The number of hydrogen-bond acceptors (Lipinski definition) is 3. The number of benzene rings is 1. The molecule has 25 heavy (non-hydrogen) atoms. The molecule has 0 unspecified atom stereocenters. The number of nitrogens with zero attached hydrogens (tertiary/aromatic N) is 2. The lowest BCUT2D eigenvalue weighted by Crippen LogP contribution is -2.53. The van der Waals surface area contributed by atoms with Crippen molar-refractivity contribution in [1.29, 1.82) is 0 Å². The van der Waals surface area contributed by atoms with Crippen LogP contribution in [0.15, 0.2) is 42.0 Å². The first-order chi connectivity index (χ1) is 11.9. The number of barbiturate groups is 1. The Morgan fingerprint density at radius 3 is 2.40 bits per heavy atom. The lowest BCUT2D eigenvalue weighted by atomic mass is 10.1. The van der Waals surface area contributed by atoms with Gasteiger partial charge in [-0.1, -0.05) is 18.2 Å². The van der Waals surface area contributed by atoms with Crippen LogP contribution in [0.4, 0.5) is 4.79 Å². The largest absolute Gasteiger partial charge is 0.331 e. The van der Waals surface area contributed by atoms with Crippen LogP contribution in [0.5, 0.6) is 0 Å². The number of aryl methyl sites for hydroxylation is 1. The van der Waals surface area contributed by atoms with E-state index in [9.17, 15) is 14.4 Å². The summed E-state index contributed by atoms with van der Waals surface area (Å²) in [7, 11) is 0. The maximum Gasteiger partial charge on any atom is 0.331 e. The van der Waals surface area contributed by atoms with E-state index in [1.54, 1.807) is 13.0 Å². The molecule has 3 rings (SSSR count). The third-order valence-electron chi connectivity index (χ3n) is 4.29. The number of nitrogens with one attached hydrogen (secondary N) is 1. The van der Waals surface area contributed by atoms with Crippen LogP contribution in [-0.2, 0) is 9.59 Å². The molecule has 0 aliphatic carbocycles. The molecular weight excluding hydrogens is 318 g/mol. The van der Waals surface area contributed by atoms with Crippen molar-refractivity contribution in [2.24, 2.45) is 0 Å². The van der Waals surface area contributed by atoms with Crippen LogP contribution < -0.4 is 5.32 Å². The third-order valence-corrected chi connectivity index (χ3v) is 4.29. The molecule has 0 radical (unpaired) electrons. The predicted molar refractivity (Wildman–Crippen MR) is 94.1 cm³/mol. The van der Waals surface area contributed by atoms with Crippen molar-refractivity contribution in [2.45, 2.75) is 20.8 Å². The number of para-hydroxylation sites is 1. The van der Waals surface area contributed by atoms with Gasteiger partial charge in [-0.2, -0.15) is 0 Å². The van der Waals surface area contributed by atoms with Crippen LogP contribution in [0.1, 0.15) is 23.9 Å². The van der Waals surface area contributed by atoms with E-state index in [0.29, 0.717) is 0 Å². The van der Waals surface area contributed by atoms with Crippen molar-refractivity contribution < 1.29 is 14.4 Å². The summed E-state index contributed by atoms with van der Waals surface area (Å²) in [6, 6.07) is 11.1. The first-order valence-electron chi connectivity index (χ1n) is 8.07. The summed E-state index contributed by atoms with van der Waals surface area (Å²) in [4.78, 5) is 37.2. The van der Waals surface area contributed by atoms with E-state index in [2.05, 4.69) is 9.88 Å². The van der Waals surface area contributed by atoms with Crippen LogP contribution in [0, 0.1) is 13.8 Å². The molecule has 6 heteroatoms. The van der Waals surface area contributed by atoms with Gasteiger partial charge in [0, 0.05) is 23.6 Å². The van der Waals surface area contributed by atoms with Crippen LogP contribution in [-0.4, -0.2) is 33.9 Å². The van der Waals surface area contributed by atoms with Gasteiger partial charge in [0.25, 0.3) is 11.8 Å². The Bertz CT molecular complexity index is 894. The molecule has 0 saturated carbocycles. The summed E-state index contributed by atoms with van der Waals surface area (Å²) < 4.78 is 2.06. The van der Waals surface area contributed by atoms with E-state index >= 15 is 0 Å². The van der Waals surface area contributed by atoms with Gasteiger partial charge in [-0.25, -0.2) is 4.79 Å². The Morgan fingerprint density at radius 1 is 1.08 bits per heavy atom. The highest BCUT2D eigenvalue weighted by molar-refractivity contribution is 6.31. The molecule has 1 aliphatic rings. The zero-order chi connectivity index (χ0) is 18.1.